The van der Waals surface area contributed by atoms with Gasteiger partial charge in [-0.15, -0.1) is 11.3 Å². The normalized spacial score (nSPS) is 12.0. The summed E-state index contributed by atoms with van der Waals surface area (Å²) in [5, 5.41) is 15.4. The number of nitrogens with one attached hydrogen (secondary N) is 1. The number of hydrogen-bond acceptors (Lipinski definition) is 4. The highest BCUT2D eigenvalue weighted by atomic mass is 32.1. The van der Waals surface area contributed by atoms with Gasteiger partial charge in [-0.3, -0.25) is 0 Å². The molecule has 0 aliphatic carbocycles. The van der Waals surface area contributed by atoms with E-state index in [2.05, 4.69) is 23.3 Å². The minimum Gasteiger partial charge on any atom is -0.312 e. The predicted octanol–water partition coefficient (Wildman–Crippen LogP) is 2.91. The number of nitrogens with zero attached hydrogens (tertiary/aromatic N) is 2. The van der Waals surface area contributed by atoms with Crippen molar-refractivity contribution in [2.45, 2.75) is 19.4 Å². The molecule has 92 valence electrons. The molecule has 1 atom stereocenters. The van der Waals surface area contributed by atoms with E-state index in [-0.39, 0.29) is 0 Å². The van der Waals surface area contributed by atoms with Crippen LogP contribution in [0.4, 0.5) is 0 Å². The van der Waals surface area contributed by atoms with Gasteiger partial charge in [0.25, 0.3) is 0 Å². The molecule has 0 radical (unpaired) electrons. The van der Waals surface area contributed by atoms with E-state index in [0.717, 1.165) is 23.7 Å². The molecule has 0 bridgehead atoms. The number of nitriles is 1. The Balaban J connectivity index is 1.83. The first kappa shape index (κ1) is 12.7. The average Bonchev–Trinajstić information content (AvgIpc) is 2.93. The molecule has 1 aromatic heterocycles. The lowest BCUT2D eigenvalue weighted by atomic mass is 10.1. The van der Waals surface area contributed by atoms with Crippen molar-refractivity contribution in [3.63, 3.8) is 0 Å². The molecule has 4 heteroatoms. The van der Waals surface area contributed by atoms with Gasteiger partial charge in [-0.05, 0) is 17.7 Å². The first-order valence-corrected chi connectivity index (χ1v) is 6.76. The monoisotopic (exact) mass is 257 g/mol. The second kappa shape index (κ2) is 6.29. The molecule has 1 aromatic carbocycles. The van der Waals surface area contributed by atoms with Gasteiger partial charge in [0.1, 0.15) is 0 Å². The molecule has 0 spiro atoms. The molecular formula is C14H15N3S. The van der Waals surface area contributed by atoms with Gasteiger partial charge in [-0.1, -0.05) is 19.1 Å². The van der Waals surface area contributed by atoms with Gasteiger partial charge >= 0.3 is 0 Å². The lowest BCUT2D eigenvalue weighted by molar-refractivity contribution is 0.613. The maximum absolute atomic E-state index is 8.82. The first-order valence-electron chi connectivity index (χ1n) is 5.88. The average molecular weight is 257 g/mol. The van der Waals surface area contributed by atoms with E-state index < -0.39 is 0 Å². The highest BCUT2D eigenvalue weighted by molar-refractivity contribution is 7.09. The number of benzene rings is 1. The first-order chi connectivity index (χ1) is 8.79. The Bertz CT molecular complexity index is 528. The van der Waals surface area contributed by atoms with E-state index in [0.29, 0.717) is 11.5 Å². The molecule has 1 N–H and O–H groups in total. The third-order valence-electron chi connectivity index (χ3n) is 2.71. The second-order valence-corrected chi connectivity index (χ2v) is 5.14. The molecule has 1 heterocycles. The summed E-state index contributed by atoms with van der Waals surface area (Å²) in [6, 6.07) is 9.84. The van der Waals surface area contributed by atoms with Gasteiger partial charge in [-0.2, -0.15) is 5.26 Å². The van der Waals surface area contributed by atoms with Crippen LogP contribution >= 0.6 is 11.3 Å². The van der Waals surface area contributed by atoms with Crippen molar-refractivity contribution in [2.24, 2.45) is 0 Å². The molecule has 18 heavy (non-hydrogen) atoms. The number of hydrogen-bond donors (Lipinski definition) is 1. The maximum Gasteiger partial charge on any atom is 0.0991 e. The van der Waals surface area contributed by atoms with Gasteiger partial charge in [0.05, 0.1) is 16.6 Å². The Hall–Kier alpha value is -1.70. The Morgan fingerprint density at radius 3 is 3.11 bits per heavy atom. The zero-order valence-electron chi connectivity index (χ0n) is 10.3. The van der Waals surface area contributed by atoms with Gasteiger partial charge < -0.3 is 5.32 Å². The molecular weight excluding hydrogens is 242 g/mol. The van der Waals surface area contributed by atoms with Gasteiger partial charge in [-0.25, -0.2) is 4.98 Å². The summed E-state index contributed by atoms with van der Waals surface area (Å²) < 4.78 is 0. The summed E-state index contributed by atoms with van der Waals surface area (Å²) in [6.45, 7) is 3.84. The largest absolute Gasteiger partial charge is 0.312 e. The molecule has 2 rings (SSSR count). The second-order valence-electron chi connectivity index (χ2n) is 4.21. The fourth-order valence-electron chi connectivity index (χ4n) is 1.75. The Morgan fingerprint density at radius 2 is 2.39 bits per heavy atom. The lowest BCUT2D eigenvalue weighted by Gasteiger charge is -2.10. The van der Waals surface area contributed by atoms with Crippen molar-refractivity contribution in [2.75, 3.05) is 6.54 Å². The minimum atomic E-state index is 0.421. The molecule has 0 aliphatic rings. The molecule has 3 nitrogen and oxygen atoms in total. The summed E-state index contributed by atoms with van der Waals surface area (Å²) in [4.78, 5) is 4.30. The summed E-state index contributed by atoms with van der Waals surface area (Å²) in [5.41, 5.74) is 1.85. The van der Waals surface area contributed by atoms with Crippen LogP contribution in [0.15, 0.2) is 35.8 Å². The quantitative estimate of drug-likeness (QED) is 0.896. The van der Waals surface area contributed by atoms with Crippen molar-refractivity contribution in [3.8, 4) is 6.07 Å². The molecule has 0 saturated carbocycles. The van der Waals surface area contributed by atoms with Crippen molar-refractivity contribution in [3.05, 3.63) is 52.0 Å². The Kier molecular flexibility index (Phi) is 4.46. The minimum absolute atomic E-state index is 0.421. The van der Waals surface area contributed by atoms with Crippen molar-refractivity contribution < 1.29 is 0 Å². The van der Waals surface area contributed by atoms with Gasteiger partial charge in [0, 0.05) is 30.6 Å². The number of rotatable bonds is 5. The topological polar surface area (TPSA) is 48.7 Å². The summed E-state index contributed by atoms with van der Waals surface area (Å²) in [5.74, 6) is 0.421. The molecule has 2 aromatic rings. The van der Waals surface area contributed by atoms with Crippen LogP contribution in [0.2, 0.25) is 0 Å². The van der Waals surface area contributed by atoms with E-state index in [4.69, 9.17) is 5.26 Å². The molecule has 0 amide bonds. The van der Waals surface area contributed by atoms with Crippen LogP contribution in [-0.4, -0.2) is 11.5 Å². The van der Waals surface area contributed by atoms with Crippen LogP contribution in [0.3, 0.4) is 0 Å². The fraction of sp³-hybridized carbons (Fsp3) is 0.286. The van der Waals surface area contributed by atoms with Crippen LogP contribution in [0.25, 0.3) is 0 Å². The van der Waals surface area contributed by atoms with Crippen LogP contribution in [0.1, 0.15) is 29.0 Å². The lowest BCUT2D eigenvalue weighted by Crippen LogP contribution is -2.19. The molecule has 0 aliphatic heterocycles. The summed E-state index contributed by atoms with van der Waals surface area (Å²) >= 11 is 1.69. The van der Waals surface area contributed by atoms with Crippen LogP contribution in [-0.2, 0) is 6.54 Å². The van der Waals surface area contributed by atoms with Crippen molar-refractivity contribution in [1.82, 2.24) is 10.3 Å². The fourth-order valence-corrected chi connectivity index (χ4v) is 2.45. The van der Waals surface area contributed by atoms with E-state index in [1.54, 1.807) is 11.3 Å². The van der Waals surface area contributed by atoms with Gasteiger partial charge in [0.15, 0.2) is 0 Å². The van der Waals surface area contributed by atoms with Crippen LogP contribution in [0, 0.1) is 11.3 Å². The van der Waals surface area contributed by atoms with Crippen LogP contribution in [0.5, 0.6) is 0 Å². The van der Waals surface area contributed by atoms with E-state index in [1.165, 1.54) is 0 Å². The highest BCUT2D eigenvalue weighted by Crippen LogP contribution is 2.16. The summed E-state index contributed by atoms with van der Waals surface area (Å²) in [6.07, 6.45) is 1.84. The zero-order valence-corrected chi connectivity index (χ0v) is 11.1. The smallest absolute Gasteiger partial charge is 0.0991 e. The standard InChI is InChI=1S/C14H15N3S/c1-11(14-17-5-6-18-14)9-16-10-13-4-2-3-12(7-13)8-15/h2-7,11,16H,9-10H2,1H3. The number of aromatic nitrogens is 1. The van der Waals surface area contributed by atoms with Crippen molar-refractivity contribution in [1.29, 1.82) is 5.26 Å². The third kappa shape index (κ3) is 3.39. The van der Waals surface area contributed by atoms with E-state index in [1.807, 2.05) is 35.8 Å². The Morgan fingerprint density at radius 1 is 1.50 bits per heavy atom. The highest BCUT2D eigenvalue weighted by Gasteiger charge is 2.07. The maximum atomic E-state index is 8.82. The molecule has 1 unspecified atom stereocenters. The molecule has 0 saturated heterocycles. The SMILES string of the molecule is CC(CNCc1cccc(C#N)c1)c1nccs1. The number of thiazole rings is 1. The van der Waals surface area contributed by atoms with Crippen LogP contribution < -0.4 is 5.32 Å². The Labute approximate surface area is 111 Å². The zero-order chi connectivity index (χ0) is 12.8. The predicted molar refractivity (Wildman–Crippen MR) is 73.4 cm³/mol. The van der Waals surface area contributed by atoms with E-state index in [9.17, 15) is 0 Å². The van der Waals surface area contributed by atoms with Crippen molar-refractivity contribution >= 4 is 11.3 Å². The summed E-state index contributed by atoms with van der Waals surface area (Å²) in [7, 11) is 0. The van der Waals surface area contributed by atoms with E-state index >= 15 is 0 Å². The van der Waals surface area contributed by atoms with Gasteiger partial charge in [0.2, 0.25) is 0 Å². The molecule has 0 fully saturated rings. The third-order valence-corrected chi connectivity index (χ3v) is 3.72.